The highest BCUT2D eigenvalue weighted by molar-refractivity contribution is 5.92. The molecule has 4 aromatic rings. The summed E-state index contributed by atoms with van der Waals surface area (Å²) in [5.74, 6) is 0.557. The van der Waals surface area contributed by atoms with Gasteiger partial charge in [0.25, 0.3) is 0 Å². The monoisotopic (exact) mass is 445 g/mol. The molecule has 1 aliphatic rings. The molecule has 0 spiro atoms. The third kappa shape index (κ3) is 4.55. The topological polar surface area (TPSA) is 84.0 Å². The van der Waals surface area contributed by atoms with Crippen LogP contribution in [0.2, 0.25) is 0 Å². The summed E-state index contributed by atoms with van der Waals surface area (Å²) < 4.78 is 19.2. The van der Waals surface area contributed by atoms with Crippen LogP contribution in [0.25, 0.3) is 22.3 Å². The fourth-order valence-electron chi connectivity index (χ4n) is 4.33. The first-order valence-electron chi connectivity index (χ1n) is 11.0. The van der Waals surface area contributed by atoms with Crippen LogP contribution >= 0.6 is 0 Å². The number of hydrogen-bond donors (Lipinski definition) is 1. The van der Waals surface area contributed by atoms with E-state index in [0.717, 1.165) is 53.8 Å². The highest BCUT2D eigenvalue weighted by Gasteiger charge is 2.24. The van der Waals surface area contributed by atoms with Crippen LogP contribution in [0.5, 0.6) is 5.88 Å². The molecular weight excluding hydrogens is 421 g/mol. The molecule has 0 saturated carbocycles. The van der Waals surface area contributed by atoms with Crippen LogP contribution in [-0.4, -0.2) is 43.8 Å². The first-order chi connectivity index (χ1) is 16.1. The number of amides is 1. The predicted molar refractivity (Wildman–Crippen MR) is 122 cm³/mol. The zero-order valence-electron chi connectivity index (χ0n) is 18.3. The van der Waals surface area contributed by atoms with Crippen LogP contribution < -0.4 is 4.74 Å². The second kappa shape index (κ2) is 8.97. The number of aromatic amines is 1. The molecule has 1 saturated heterocycles. The van der Waals surface area contributed by atoms with Crippen LogP contribution in [0.3, 0.4) is 0 Å². The van der Waals surface area contributed by atoms with E-state index in [1.807, 2.05) is 11.0 Å². The minimum absolute atomic E-state index is 0.132. The summed E-state index contributed by atoms with van der Waals surface area (Å²) in [6.45, 7) is 3.36. The number of fused-ring (bicyclic) bond motifs is 1. The number of rotatable bonds is 5. The van der Waals surface area contributed by atoms with Gasteiger partial charge in [0.15, 0.2) is 0 Å². The number of H-pyrrole nitrogens is 1. The molecule has 0 bridgehead atoms. The van der Waals surface area contributed by atoms with Crippen molar-refractivity contribution < 1.29 is 13.9 Å². The van der Waals surface area contributed by atoms with Crippen LogP contribution in [-0.2, 0) is 11.4 Å². The van der Waals surface area contributed by atoms with Crippen LogP contribution in [0.15, 0.2) is 55.0 Å². The van der Waals surface area contributed by atoms with E-state index < -0.39 is 0 Å². The molecule has 5 rings (SSSR count). The van der Waals surface area contributed by atoms with E-state index in [2.05, 4.69) is 26.0 Å². The van der Waals surface area contributed by atoms with Crippen LogP contribution in [0.4, 0.5) is 4.39 Å². The van der Waals surface area contributed by atoms with Crippen molar-refractivity contribution in [1.29, 1.82) is 0 Å². The van der Waals surface area contributed by atoms with Crippen LogP contribution in [0.1, 0.15) is 36.9 Å². The Kier molecular flexibility index (Phi) is 5.73. The highest BCUT2D eigenvalue weighted by Crippen LogP contribution is 2.33. The standard InChI is InChI=1S/C25H24FN5O2/c1-16(32)31-9-6-18(7-10-31)22-12-21-20(5-8-28-25(21)30-22)23-13-27-14-24(29-23)33-15-17-3-2-4-19(26)11-17/h2-5,8,11-14,18H,6-7,9-10,15H2,1H3,(H,28,30). The Morgan fingerprint density at radius 2 is 2.06 bits per heavy atom. The number of hydrogen-bond acceptors (Lipinski definition) is 5. The number of carbonyl (C=O) groups is 1. The van der Waals surface area contributed by atoms with Gasteiger partial charge in [-0.1, -0.05) is 12.1 Å². The van der Waals surface area contributed by atoms with Crippen molar-refractivity contribution in [2.24, 2.45) is 0 Å². The summed E-state index contributed by atoms with van der Waals surface area (Å²) in [5.41, 5.74) is 4.23. The second-order valence-corrected chi connectivity index (χ2v) is 8.29. The van der Waals surface area contributed by atoms with Crippen molar-refractivity contribution in [2.75, 3.05) is 13.1 Å². The molecule has 4 heterocycles. The minimum atomic E-state index is -0.301. The maximum atomic E-state index is 13.4. The second-order valence-electron chi connectivity index (χ2n) is 8.29. The van der Waals surface area contributed by atoms with Gasteiger partial charge in [0, 0.05) is 48.8 Å². The van der Waals surface area contributed by atoms with E-state index in [4.69, 9.17) is 4.74 Å². The number of benzene rings is 1. The Morgan fingerprint density at radius 1 is 1.21 bits per heavy atom. The van der Waals surface area contributed by atoms with Crippen molar-refractivity contribution in [3.8, 4) is 17.1 Å². The van der Waals surface area contributed by atoms with E-state index in [0.29, 0.717) is 17.5 Å². The summed E-state index contributed by atoms with van der Waals surface area (Å²) in [7, 11) is 0. The molecule has 1 N–H and O–H groups in total. The van der Waals surface area contributed by atoms with Gasteiger partial charge in [0.1, 0.15) is 18.1 Å². The Bertz CT molecular complexity index is 1300. The van der Waals surface area contributed by atoms with Crippen molar-refractivity contribution in [2.45, 2.75) is 32.3 Å². The Labute approximate surface area is 190 Å². The van der Waals surface area contributed by atoms with Gasteiger partial charge in [-0.2, -0.15) is 0 Å². The van der Waals surface area contributed by atoms with Gasteiger partial charge in [-0.3, -0.25) is 9.78 Å². The van der Waals surface area contributed by atoms with Gasteiger partial charge in [0.2, 0.25) is 11.8 Å². The molecule has 168 valence electrons. The molecule has 0 radical (unpaired) electrons. The van der Waals surface area contributed by atoms with Crippen LogP contribution in [0, 0.1) is 5.82 Å². The molecule has 1 amide bonds. The number of piperidine rings is 1. The summed E-state index contributed by atoms with van der Waals surface area (Å²) in [6, 6.07) is 10.3. The quantitative estimate of drug-likeness (QED) is 0.490. The molecule has 8 heteroatoms. The number of aromatic nitrogens is 4. The number of halogens is 1. The SMILES string of the molecule is CC(=O)N1CCC(c2cc3c(-c4cncc(OCc5cccc(F)c5)n4)ccnc3[nH]2)CC1. The maximum absolute atomic E-state index is 13.4. The number of nitrogens with zero attached hydrogens (tertiary/aromatic N) is 4. The number of nitrogens with one attached hydrogen (secondary N) is 1. The molecule has 33 heavy (non-hydrogen) atoms. The Hall–Kier alpha value is -3.81. The van der Waals surface area contributed by atoms with Gasteiger partial charge in [-0.25, -0.2) is 14.4 Å². The average molecular weight is 445 g/mol. The van der Waals surface area contributed by atoms with E-state index >= 15 is 0 Å². The molecule has 3 aromatic heterocycles. The fourth-order valence-corrected chi connectivity index (χ4v) is 4.33. The molecule has 1 fully saturated rings. The van der Waals surface area contributed by atoms with E-state index in [-0.39, 0.29) is 18.3 Å². The highest BCUT2D eigenvalue weighted by atomic mass is 19.1. The normalized spacial score (nSPS) is 14.5. The van der Waals surface area contributed by atoms with Crippen molar-refractivity contribution in [1.82, 2.24) is 24.8 Å². The van der Waals surface area contributed by atoms with Gasteiger partial charge >= 0.3 is 0 Å². The largest absolute Gasteiger partial charge is 0.472 e. The zero-order chi connectivity index (χ0) is 22.8. The molecule has 0 aliphatic carbocycles. The third-order valence-corrected chi connectivity index (χ3v) is 6.10. The zero-order valence-corrected chi connectivity index (χ0v) is 18.3. The summed E-state index contributed by atoms with van der Waals surface area (Å²) in [4.78, 5) is 30.4. The number of pyridine rings is 1. The third-order valence-electron chi connectivity index (χ3n) is 6.10. The average Bonchev–Trinajstić information content (AvgIpc) is 3.28. The van der Waals surface area contributed by atoms with Gasteiger partial charge in [-0.15, -0.1) is 0 Å². The van der Waals surface area contributed by atoms with E-state index in [1.54, 1.807) is 37.6 Å². The Morgan fingerprint density at radius 3 is 2.85 bits per heavy atom. The summed E-state index contributed by atoms with van der Waals surface area (Å²) >= 11 is 0. The van der Waals surface area contributed by atoms with Crippen molar-refractivity contribution >= 4 is 16.9 Å². The molecule has 1 aromatic carbocycles. The maximum Gasteiger partial charge on any atom is 0.233 e. The van der Waals surface area contributed by atoms with E-state index in [9.17, 15) is 9.18 Å². The molecule has 0 atom stereocenters. The van der Waals surface area contributed by atoms with Gasteiger partial charge in [-0.05, 0) is 42.7 Å². The molecule has 1 aliphatic heterocycles. The predicted octanol–water partition coefficient (Wildman–Crippen LogP) is 4.46. The lowest BCUT2D eigenvalue weighted by molar-refractivity contribution is -0.129. The Balaban J connectivity index is 1.37. The minimum Gasteiger partial charge on any atom is -0.472 e. The lowest BCUT2D eigenvalue weighted by Gasteiger charge is -2.30. The lowest BCUT2D eigenvalue weighted by Crippen LogP contribution is -2.36. The first kappa shape index (κ1) is 21.1. The number of carbonyl (C=O) groups excluding carboxylic acids is 1. The first-order valence-corrected chi connectivity index (χ1v) is 11.0. The molecule has 0 unspecified atom stereocenters. The summed E-state index contributed by atoms with van der Waals surface area (Å²) in [5, 5.41) is 0.970. The lowest BCUT2D eigenvalue weighted by atomic mass is 9.93. The smallest absolute Gasteiger partial charge is 0.233 e. The molecule has 7 nitrogen and oxygen atoms in total. The number of ether oxygens (including phenoxy) is 1. The van der Waals surface area contributed by atoms with E-state index in [1.165, 1.54) is 12.1 Å². The van der Waals surface area contributed by atoms with Gasteiger partial charge in [0.05, 0.1) is 18.1 Å². The molecular formula is C25H24FN5O2. The van der Waals surface area contributed by atoms with Crippen molar-refractivity contribution in [3.63, 3.8) is 0 Å². The van der Waals surface area contributed by atoms with Gasteiger partial charge < -0.3 is 14.6 Å². The number of likely N-dealkylation sites (tertiary alicyclic amines) is 1. The fraction of sp³-hybridized carbons (Fsp3) is 0.280. The summed E-state index contributed by atoms with van der Waals surface area (Å²) in [6.07, 6.45) is 6.84. The van der Waals surface area contributed by atoms with Crippen molar-refractivity contribution in [3.05, 3.63) is 72.1 Å².